The Balaban J connectivity index is 1.39. The number of furan rings is 1. The van der Waals surface area contributed by atoms with Crippen molar-refractivity contribution in [1.29, 1.82) is 0 Å². The monoisotopic (exact) mass is 328 g/mol. The lowest BCUT2D eigenvalue weighted by molar-refractivity contribution is 0.0139. The number of nitrogens with zero attached hydrogens (tertiary/aromatic N) is 2. The van der Waals surface area contributed by atoms with Crippen LogP contribution in [0.4, 0.5) is 0 Å². The molecule has 4 rings (SSSR count). The SMILES string of the molecule is O=C(c1cc2ccccc2o1)N1CC(Oc2ccc(Cl)cn2)C1. The van der Waals surface area contributed by atoms with E-state index in [0.29, 0.717) is 29.8 Å². The van der Waals surface area contributed by atoms with Crippen molar-refractivity contribution in [1.82, 2.24) is 9.88 Å². The molecule has 0 spiro atoms. The van der Waals surface area contributed by atoms with Crippen molar-refractivity contribution in [3.63, 3.8) is 0 Å². The third-order valence-corrected chi connectivity index (χ3v) is 3.98. The van der Waals surface area contributed by atoms with Crippen LogP contribution in [0.15, 0.2) is 53.1 Å². The van der Waals surface area contributed by atoms with E-state index in [1.165, 1.54) is 6.20 Å². The van der Waals surface area contributed by atoms with Gasteiger partial charge in [0.15, 0.2) is 5.76 Å². The van der Waals surface area contributed by atoms with Crippen LogP contribution in [-0.4, -0.2) is 35.0 Å². The summed E-state index contributed by atoms with van der Waals surface area (Å²) >= 11 is 5.78. The maximum absolute atomic E-state index is 12.4. The van der Waals surface area contributed by atoms with Gasteiger partial charge < -0.3 is 14.1 Å². The minimum Gasteiger partial charge on any atom is -0.471 e. The average molecular weight is 329 g/mol. The van der Waals surface area contributed by atoms with Gasteiger partial charge in [-0.3, -0.25) is 4.79 Å². The van der Waals surface area contributed by atoms with Gasteiger partial charge in [-0.15, -0.1) is 0 Å². The molecule has 1 aliphatic heterocycles. The summed E-state index contributed by atoms with van der Waals surface area (Å²) in [5.41, 5.74) is 0.717. The van der Waals surface area contributed by atoms with E-state index in [1.54, 1.807) is 23.1 Å². The zero-order valence-electron chi connectivity index (χ0n) is 12.1. The Morgan fingerprint density at radius 3 is 2.83 bits per heavy atom. The molecule has 0 N–H and O–H groups in total. The number of carbonyl (C=O) groups excluding carboxylic acids is 1. The van der Waals surface area contributed by atoms with Crippen LogP contribution in [-0.2, 0) is 0 Å². The maximum Gasteiger partial charge on any atom is 0.289 e. The van der Waals surface area contributed by atoms with E-state index >= 15 is 0 Å². The summed E-state index contributed by atoms with van der Waals surface area (Å²) in [5.74, 6) is 0.745. The largest absolute Gasteiger partial charge is 0.471 e. The van der Waals surface area contributed by atoms with Gasteiger partial charge in [0.25, 0.3) is 5.91 Å². The highest BCUT2D eigenvalue weighted by Crippen LogP contribution is 2.23. The molecule has 2 aromatic heterocycles. The number of benzene rings is 1. The van der Waals surface area contributed by atoms with Crippen LogP contribution < -0.4 is 4.74 Å². The van der Waals surface area contributed by atoms with E-state index in [2.05, 4.69) is 4.98 Å². The Bertz CT molecular complexity index is 821. The highest BCUT2D eigenvalue weighted by atomic mass is 35.5. The predicted octanol–water partition coefficient (Wildman–Crippen LogP) is 3.38. The lowest BCUT2D eigenvalue weighted by Gasteiger charge is -2.38. The van der Waals surface area contributed by atoms with Crippen molar-refractivity contribution in [3.8, 4) is 5.88 Å². The summed E-state index contributed by atoms with van der Waals surface area (Å²) in [6.07, 6.45) is 1.48. The molecule has 23 heavy (non-hydrogen) atoms. The molecule has 116 valence electrons. The summed E-state index contributed by atoms with van der Waals surface area (Å²) < 4.78 is 11.3. The van der Waals surface area contributed by atoms with Gasteiger partial charge in [-0.05, 0) is 18.2 Å². The van der Waals surface area contributed by atoms with Crippen LogP contribution in [0, 0.1) is 0 Å². The lowest BCUT2D eigenvalue weighted by Crippen LogP contribution is -2.56. The molecule has 3 aromatic rings. The number of likely N-dealkylation sites (tertiary alicyclic amines) is 1. The molecule has 1 aromatic carbocycles. The normalized spacial score (nSPS) is 14.7. The highest BCUT2D eigenvalue weighted by molar-refractivity contribution is 6.30. The number of rotatable bonds is 3. The molecule has 5 nitrogen and oxygen atoms in total. The fourth-order valence-electron chi connectivity index (χ4n) is 2.52. The number of para-hydroxylation sites is 1. The predicted molar refractivity (Wildman–Crippen MR) is 85.8 cm³/mol. The molecule has 0 saturated carbocycles. The van der Waals surface area contributed by atoms with Crippen LogP contribution in [0.3, 0.4) is 0 Å². The first-order valence-corrected chi connectivity index (χ1v) is 7.63. The third-order valence-electron chi connectivity index (χ3n) is 3.76. The van der Waals surface area contributed by atoms with Crippen LogP contribution in [0.5, 0.6) is 5.88 Å². The van der Waals surface area contributed by atoms with Gasteiger partial charge >= 0.3 is 0 Å². The molecule has 0 unspecified atom stereocenters. The Labute approximate surface area is 137 Å². The molecule has 0 aliphatic carbocycles. The number of pyridine rings is 1. The van der Waals surface area contributed by atoms with Gasteiger partial charge in [0.2, 0.25) is 5.88 Å². The summed E-state index contributed by atoms with van der Waals surface area (Å²) in [6.45, 7) is 1.03. The number of carbonyl (C=O) groups is 1. The fraction of sp³-hybridized carbons (Fsp3) is 0.176. The standard InChI is InChI=1S/C17H13ClN2O3/c18-12-5-6-16(19-8-12)22-13-9-20(10-13)17(21)15-7-11-3-1-2-4-14(11)23-15/h1-8,13H,9-10H2. The number of hydrogen-bond acceptors (Lipinski definition) is 4. The minimum absolute atomic E-state index is 0.0583. The molecule has 6 heteroatoms. The van der Waals surface area contributed by atoms with Crippen LogP contribution in [0.25, 0.3) is 11.0 Å². The van der Waals surface area contributed by atoms with E-state index in [4.69, 9.17) is 20.8 Å². The molecule has 0 bridgehead atoms. The van der Waals surface area contributed by atoms with E-state index < -0.39 is 0 Å². The summed E-state index contributed by atoms with van der Waals surface area (Å²) in [5, 5.41) is 1.49. The molecular weight excluding hydrogens is 316 g/mol. The molecular formula is C17H13ClN2O3. The van der Waals surface area contributed by atoms with Gasteiger partial charge in [-0.2, -0.15) is 0 Å². The van der Waals surface area contributed by atoms with Gasteiger partial charge in [0.1, 0.15) is 11.7 Å². The third kappa shape index (κ3) is 2.75. The summed E-state index contributed by atoms with van der Waals surface area (Å²) in [6, 6.07) is 12.8. The molecule has 1 saturated heterocycles. The number of hydrogen-bond donors (Lipinski definition) is 0. The van der Waals surface area contributed by atoms with Crippen molar-refractivity contribution in [2.45, 2.75) is 6.10 Å². The maximum atomic E-state index is 12.4. The molecule has 1 aliphatic rings. The lowest BCUT2D eigenvalue weighted by atomic mass is 10.1. The first-order valence-electron chi connectivity index (χ1n) is 7.25. The van der Waals surface area contributed by atoms with E-state index in [9.17, 15) is 4.79 Å². The molecule has 0 radical (unpaired) electrons. The Kier molecular flexibility index (Phi) is 3.42. The van der Waals surface area contributed by atoms with Gasteiger partial charge in [0.05, 0.1) is 18.1 Å². The van der Waals surface area contributed by atoms with Crippen LogP contribution in [0.1, 0.15) is 10.6 Å². The Morgan fingerprint density at radius 1 is 1.26 bits per heavy atom. The first-order chi connectivity index (χ1) is 11.2. The second kappa shape index (κ2) is 5.59. The molecule has 1 fully saturated rings. The van der Waals surface area contributed by atoms with Crippen LogP contribution >= 0.6 is 11.6 Å². The fourth-order valence-corrected chi connectivity index (χ4v) is 2.64. The van der Waals surface area contributed by atoms with Gasteiger partial charge in [0, 0.05) is 17.6 Å². The molecule has 3 heterocycles. The topological polar surface area (TPSA) is 55.6 Å². The van der Waals surface area contributed by atoms with Crippen molar-refractivity contribution in [3.05, 3.63) is 59.4 Å². The first kappa shape index (κ1) is 14.1. The molecule has 1 amide bonds. The van der Waals surface area contributed by atoms with Crippen molar-refractivity contribution in [2.24, 2.45) is 0 Å². The van der Waals surface area contributed by atoms with Crippen molar-refractivity contribution in [2.75, 3.05) is 13.1 Å². The zero-order chi connectivity index (χ0) is 15.8. The number of ether oxygens (including phenoxy) is 1. The summed E-state index contributed by atoms with van der Waals surface area (Å²) in [7, 11) is 0. The quantitative estimate of drug-likeness (QED) is 0.739. The average Bonchev–Trinajstić information content (AvgIpc) is 2.96. The number of halogens is 1. The minimum atomic E-state index is -0.120. The van der Waals surface area contributed by atoms with Crippen molar-refractivity contribution < 1.29 is 13.9 Å². The molecule has 0 atom stereocenters. The van der Waals surface area contributed by atoms with Crippen LogP contribution in [0.2, 0.25) is 5.02 Å². The number of fused-ring (bicyclic) bond motifs is 1. The van der Waals surface area contributed by atoms with Gasteiger partial charge in [-0.1, -0.05) is 29.8 Å². The second-order valence-electron chi connectivity index (χ2n) is 5.41. The Hall–Kier alpha value is -2.53. The summed E-state index contributed by atoms with van der Waals surface area (Å²) in [4.78, 5) is 18.2. The smallest absolute Gasteiger partial charge is 0.289 e. The van der Waals surface area contributed by atoms with Crippen molar-refractivity contribution >= 4 is 28.5 Å². The van der Waals surface area contributed by atoms with E-state index in [-0.39, 0.29) is 12.0 Å². The Morgan fingerprint density at radius 2 is 2.09 bits per heavy atom. The van der Waals surface area contributed by atoms with E-state index in [0.717, 1.165) is 11.0 Å². The van der Waals surface area contributed by atoms with E-state index in [1.807, 2.05) is 24.3 Å². The van der Waals surface area contributed by atoms with Gasteiger partial charge in [-0.25, -0.2) is 4.98 Å². The zero-order valence-corrected chi connectivity index (χ0v) is 12.9. The highest BCUT2D eigenvalue weighted by Gasteiger charge is 2.34. The second-order valence-corrected chi connectivity index (χ2v) is 5.85. The number of aromatic nitrogens is 1. The number of amides is 1.